The highest BCUT2D eigenvalue weighted by Crippen LogP contribution is 2.23. The molecule has 0 aromatic heterocycles. The third-order valence-electron chi connectivity index (χ3n) is 4.29. The van der Waals surface area contributed by atoms with E-state index in [0.717, 1.165) is 32.9 Å². The molecule has 0 aromatic rings. The van der Waals surface area contributed by atoms with Crippen molar-refractivity contribution in [3.63, 3.8) is 0 Å². The fourth-order valence-electron chi connectivity index (χ4n) is 3.16. The molecule has 0 spiro atoms. The minimum atomic E-state index is 0.304. The van der Waals surface area contributed by atoms with E-state index in [0.29, 0.717) is 24.1 Å². The van der Waals surface area contributed by atoms with E-state index in [1.807, 2.05) is 0 Å². The van der Waals surface area contributed by atoms with Crippen molar-refractivity contribution >= 4 is 0 Å². The predicted octanol–water partition coefficient (Wildman–Crippen LogP) is 1.11. The Balaban J connectivity index is 1.93. The molecule has 0 aliphatic carbocycles. The van der Waals surface area contributed by atoms with Gasteiger partial charge in [-0.15, -0.1) is 0 Å². The van der Waals surface area contributed by atoms with Gasteiger partial charge in [0.15, 0.2) is 0 Å². The van der Waals surface area contributed by atoms with E-state index in [1.165, 1.54) is 12.8 Å². The third kappa shape index (κ3) is 3.44. The maximum atomic E-state index is 6.00. The Labute approximate surface area is 111 Å². The Morgan fingerprint density at radius 2 is 2.11 bits per heavy atom. The molecule has 3 unspecified atom stereocenters. The van der Waals surface area contributed by atoms with Gasteiger partial charge in [0, 0.05) is 37.7 Å². The van der Waals surface area contributed by atoms with Gasteiger partial charge in [-0.3, -0.25) is 4.90 Å². The van der Waals surface area contributed by atoms with E-state index in [9.17, 15) is 0 Å². The average molecular weight is 256 g/mol. The summed E-state index contributed by atoms with van der Waals surface area (Å²) < 4.78 is 11.6. The molecule has 0 aromatic carbocycles. The summed E-state index contributed by atoms with van der Waals surface area (Å²) in [6.07, 6.45) is 2.74. The summed E-state index contributed by atoms with van der Waals surface area (Å²) in [5.41, 5.74) is 0. The SMILES string of the molecule is CNC(C1CCCOC1)C1CN(C(C)C)CCO1. The molecule has 18 heavy (non-hydrogen) atoms. The normalized spacial score (nSPS) is 32.7. The van der Waals surface area contributed by atoms with E-state index >= 15 is 0 Å². The molecule has 2 rings (SSSR count). The molecule has 106 valence electrons. The van der Waals surface area contributed by atoms with Crippen molar-refractivity contribution in [2.45, 2.75) is 44.9 Å². The molecular weight excluding hydrogens is 228 g/mol. The van der Waals surface area contributed by atoms with Gasteiger partial charge in [-0.1, -0.05) is 0 Å². The van der Waals surface area contributed by atoms with Gasteiger partial charge in [0.25, 0.3) is 0 Å². The van der Waals surface area contributed by atoms with Crippen LogP contribution in [0.2, 0.25) is 0 Å². The smallest absolute Gasteiger partial charge is 0.0858 e. The van der Waals surface area contributed by atoms with Gasteiger partial charge in [0.05, 0.1) is 19.3 Å². The highest BCUT2D eigenvalue weighted by molar-refractivity contribution is 4.88. The topological polar surface area (TPSA) is 33.7 Å². The lowest BCUT2D eigenvalue weighted by Gasteiger charge is -2.42. The van der Waals surface area contributed by atoms with E-state index in [2.05, 4.69) is 31.1 Å². The zero-order valence-corrected chi connectivity index (χ0v) is 12.0. The second kappa shape index (κ2) is 6.85. The summed E-state index contributed by atoms with van der Waals surface area (Å²) in [4.78, 5) is 2.52. The van der Waals surface area contributed by atoms with Crippen LogP contribution in [0.3, 0.4) is 0 Å². The lowest BCUT2D eigenvalue weighted by molar-refractivity contribution is -0.0771. The molecule has 0 amide bonds. The largest absolute Gasteiger partial charge is 0.381 e. The summed E-state index contributed by atoms with van der Waals surface area (Å²) in [5.74, 6) is 0.598. The zero-order chi connectivity index (χ0) is 13.0. The van der Waals surface area contributed by atoms with E-state index in [1.54, 1.807) is 0 Å². The summed E-state index contributed by atoms with van der Waals surface area (Å²) in [7, 11) is 2.05. The molecule has 2 fully saturated rings. The van der Waals surface area contributed by atoms with Crippen LogP contribution in [0, 0.1) is 5.92 Å². The highest BCUT2D eigenvalue weighted by atomic mass is 16.5. The third-order valence-corrected chi connectivity index (χ3v) is 4.29. The maximum Gasteiger partial charge on any atom is 0.0858 e. The number of morpholine rings is 1. The Morgan fingerprint density at radius 1 is 1.28 bits per heavy atom. The first-order valence-electron chi connectivity index (χ1n) is 7.33. The van der Waals surface area contributed by atoms with Gasteiger partial charge in [0.2, 0.25) is 0 Å². The maximum absolute atomic E-state index is 6.00. The molecule has 4 heteroatoms. The number of hydrogen-bond acceptors (Lipinski definition) is 4. The first kappa shape index (κ1) is 14.3. The molecule has 1 N–H and O–H groups in total. The van der Waals surface area contributed by atoms with E-state index < -0.39 is 0 Å². The van der Waals surface area contributed by atoms with Crippen molar-refractivity contribution in [1.29, 1.82) is 0 Å². The Kier molecular flexibility index (Phi) is 5.42. The highest BCUT2D eigenvalue weighted by Gasteiger charge is 2.34. The summed E-state index contributed by atoms with van der Waals surface area (Å²) in [6, 6.07) is 1.03. The predicted molar refractivity (Wildman–Crippen MR) is 72.8 cm³/mol. The quantitative estimate of drug-likeness (QED) is 0.817. The fraction of sp³-hybridized carbons (Fsp3) is 1.00. The van der Waals surface area contributed by atoms with Crippen molar-refractivity contribution in [1.82, 2.24) is 10.2 Å². The Bertz CT molecular complexity index is 242. The fourth-order valence-corrected chi connectivity index (χ4v) is 3.16. The molecule has 2 saturated heterocycles. The van der Waals surface area contributed by atoms with Crippen LogP contribution in [0.5, 0.6) is 0 Å². The van der Waals surface area contributed by atoms with Crippen LogP contribution in [0.25, 0.3) is 0 Å². The molecule has 0 radical (unpaired) electrons. The molecule has 2 aliphatic rings. The number of rotatable bonds is 4. The van der Waals surface area contributed by atoms with Crippen LogP contribution in [-0.4, -0.2) is 63.0 Å². The van der Waals surface area contributed by atoms with Crippen molar-refractivity contribution in [3.05, 3.63) is 0 Å². The van der Waals surface area contributed by atoms with Crippen molar-refractivity contribution < 1.29 is 9.47 Å². The van der Waals surface area contributed by atoms with Gasteiger partial charge in [-0.05, 0) is 33.7 Å². The van der Waals surface area contributed by atoms with Crippen molar-refractivity contribution in [2.75, 3.05) is 40.0 Å². The molecule has 0 bridgehead atoms. The van der Waals surface area contributed by atoms with Gasteiger partial charge >= 0.3 is 0 Å². The van der Waals surface area contributed by atoms with Crippen LogP contribution >= 0.6 is 0 Å². The summed E-state index contributed by atoms with van der Waals surface area (Å²) in [5, 5.41) is 3.47. The number of nitrogens with zero attached hydrogens (tertiary/aromatic N) is 1. The van der Waals surface area contributed by atoms with Crippen LogP contribution in [0.4, 0.5) is 0 Å². The molecule has 4 nitrogen and oxygen atoms in total. The van der Waals surface area contributed by atoms with Crippen LogP contribution in [0.15, 0.2) is 0 Å². The lowest BCUT2D eigenvalue weighted by Crippen LogP contribution is -2.56. The van der Waals surface area contributed by atoms with Crippen LogP contribution < -0.4 is 5.32 Å². The zero-order valence-electron chi connectivity index (χ0n) is 12.0. The first-order chi connectivity index (χ1) is 8.72. The van der Waals surface area contributed by atoms with Gasteiger partial charge in [0.1, 0.15) is 0 Å². The van der Waals surface area contributed by atoms with Crippen LogP contribution in [-0.2, 0) is 9.47 Å². The van der Waals surface area contributed by atoms with Crippen LogP contribution in [0.1, 0.15) is 26.7 Å². The van der Waals surface area contributed by atoms with Crippen molar-refractivity contribution in [2.24, 2.45) is 5.92 Å². The number of hydrogen-bond donors (Lipinski definition) is 1. The monoisotopic (exact) mass is 256 g/mol. The molecular formula is C14H28N2O2. The van der Waals surface area contributed by atoms with Gasteiger partial charge < -0.3 is 14.8 Å². The molecule has 2 heterocycles. The Morgan fingerprint density at radius 3 is 2.72 bits per heavy atom. The molecule has 0 saturated carbocycles. The van der Waals surface area contributed by atoms with Gasteiger partial charge in [-0.25, -0.2) is 0 Å². The lowest BCUT2D eigenvalue weighted by atomic mass is 9.89. The number of nitrogens with one attached hydrogen (secondary N) is 1. The second-order valence-electron chi connectivity index (χ2n) is 5.79. The molecule has 3 atom stereocenters. The first-order valence-corrected chi connectivity index (χ1v) is 7.33. The van der Waals surface area contributed by atoms with E-state index in [-0.39, 0.29) is 0 Å². The standard InChI is InChI=1S/C14H28N2O2/c1-11(2)16-6-8-18-13(9-16)14(15-3)12-5-4-7-17-10-12/h11-15H,4-10H2,1-3H3. The summed E-state index contributed by atoms with van der Waals surface area (Å²) in [6.45, 7) is 9.30. The summed E-state index contributed by atoms with van der Waals surface area (Å²) >= 11 is 0. The average Bonchev–Trinajstić information content (AvgIpc) is 2.41. The minimum Gasteiger partial charge on any atom is -0.381 e. The number of ether oxygens (including phenoxy) is 2. The van der Waals surface area contributed by atoms with Gasteiger partial charge in [-0.2, -0.15) is 0 Å². The number of likely N-dealkylation sites (N-methyl/N-ethyl adjacent to an activating group) is 1. The molecule has 2 aliphatic heterocycles. The van der Waals surface area contributed by atoms with Crippen molar-refractivity contribution in [3.8, 4) is 0 Å². The van der Waals surface area contributed by atoms with E-state index in [4.69, 9.17) is 9.47 Å². The minimum absolute atomic E-state index is 0.304. The second-order valence-corrected chi connectivity index (χ2v) is 5.79. The Hall–Kier alpha value is -0.160.